The van der Waals surface area contributed by atoms with Crippen molar-refractivity contribution in [1.82, 2.24) is 9.71 Å². The van der Waals surface area contributed by atoms with E-state index in [-0.39, 0.29) is 47.9 Å². The van der Waals surface area contributed by atoms with E-state index in [1.807, 2.05) is 0 Å². The summed E-state index contributed by atoms with van der Waals surface area (Å²) < 4.78 is 39.5. The Balaban J connectivity index is 1.45. The number of amides is 3. The molecule has 1 aliphatic rings. The maximum atomic E-state index is 13.8. The Morgan fingerprint density at radius 1 is 0.905 bits per heavy atom. The number of halogens is 1. The zero-order valence-corrected chi connectivity index (χ0v) is 25.1. The third-order valence-electron chi connectivity index (χ3n) is 6.47. The lowest BCUT2D eigenvalue weighted by atomic mass is 10.0. The molecule has 12 heteroatoms. The molecule has 0 bridgehead atoms. The first kappa shape index (κ1) is 29.2. The molecule has 0 radical (unpaired) electrons. The van der Waals surface area contributed by atoms with Crippen LogP contribution in [0.4, 0.5) is 5.69 Å². The fourth-order valence-electron chi connectivity index (χ4n) is 4.84. The van der Waals surface area contributed by atoms with Crippen molar-refractivity contribution in [1.29, 1.82) is 0 Å². The molecule has 3 aromatic carbocycles. The molecular formula is C30H26BrN3O7S. The predicted molar refractivity (Wildman–Crippen MR) is 160 cm³/mol. The number of hydrogen-bond donors (Lipinski definition) is 1. The van der Waals surface area contributed by atoms with Crippen molar-refractivity contribution in [3.05, 3.63) is 93.6 Å². The number of benzene rings is 3. The van der Waals surface area contributed by atoms with Gasteiger partial charge >= 0.3 is 0 Å². The number of aromatic nitrogens is 1. The van der Waals surface area contributed by atoms with E-state index >= 15 is 0 Å². The number of nitrogens with zero attached hydrogens (tertiary/aromatic N) is 2. The number of fused-ring (bicyclic) bond motifs is 2. The van der Waals surface area contributed by atoms with Gasteiger partial charge in [0, 0.05) is 16.1 Å². The van der Waals surface area contributed by atoms with Crippen LogP contribution in [-0.4, -0.2) is 44.3 Å². The Morgan fingerprint density at radius 2 is 1.57 bits per heavy atom. The fourth-order valence-corrected chi connectivity index (χ4v) is 6.55. The topological polar surface area (TPSA) is 132 Å². The van der Waals surface area contributed by atoms with Crippen LogP contribution in [0.15, 0.2) is 71.3 Å². The van der Waals surface area contributed by atoms with Crippen LogP contribution in [0.25, 0.3) is 10.9 Å². The number of rotatable bonds is 10. The summed E-state index contributed by atoms with van der Waals surface area (Å²) in [6, 6.07) is 16.7. The molecule has 0 aliphatic carbocycles. The molecule has 0 fully saturated rings. The molecule has 0 saturated heterocycles. The first-order valence-corrected chi connectivity index (χ1v) is 15.5. The number of anilines is 1. The highest BCUT2D eigenvalue weighted by Gasteiger charge is 2.44. The first-order chi connectivity index (χ1) is 20.1. The second-order valence-electron chi connectivity index (χ2n) is 9.35. The van der Waals surface area contributed by atoms with E-state index in [0.717, 1.165) is 4.90 Å². The number of ether oxygens (including phenoxy) is 2. The van der Waals surface area contributed by atoms with Gasteiger partial charge in [-0.2, -0.15) is 0 Å². The number of pyridine rings is 1. The molecule has 3 amide bonds. The first-order valence-electron chi connectivity index (χ1n) is 13.1. The molecule has 5 rings (SSSR count). The molecule has 1 aromatic heterocycles. The Kier molecular flexibility index (Phi) is 8.28. The Labute approximate surface area is 250 Å². The maximum Gasteiger partial charge on any atom is 0.270 e. The zero-order valence-electron chi connectivity index (χ0n) is 22.7. The number of carbonyl (C=O) groups excluding carboxylic acids is 3. The maximum absolute atomic E-state index is 13.8. The summed E-state index contributed by atoms with van der Waals surface area (Å²) in [6.45, 7) is 4.03. The third kappa shape index (κ3) is 5.59. The third-order valence-corrected chi connectivity index (χ3v) is 8.36. The van der Waals surface area contributed by atoms with Crippen LogP contribution >= 0.6 is 15.9 Å². The van der Waals surface area contributed by atoms with E-state index in [1.165, 1.54) is 18.2 Å². The van der Waals surface area contributed by atoms with Crippen molar-refractivity contribution in [2.24, 2.45) is 0 Å². The van der Waals surface area contributed by atoms with Gasteiger partial charge in [-0.1, -0.05) is 36.4 Å². The molecule has 10 nitrogen and oxygen atoms in total. The van der Waals surface area contributed by atoms with Crippen LogP contribution in [-0.2, 0) is 27.0 Å². The van der Waals surface area contributed by atoms with Crippen LogP contribution in [0, 0.1) is 0 Å². The molecule has 0 saturated carbocycles. The molecule has 2 heterocycles. The van der Waals surface area contributed by atoms with Gasteiger partial charge in [0.15, 0.2) is 5.75 Å². The van der Waals surface area contributed by atoms with Gasteiger partial charge in [0.05, 0.1) is 36.6 Å². The summed E-state index contributed by atoms with van der Waals surface area (Å²) in [4.78, 5) is 45.4. The summed E-state index contributed by atoms with van der Waals surface area (Å²) in [6.07, 6.45) is 1.49. The second kappa shape index (κ2) is 11.9. The average Bonchev–Trinajstić information content (AvgIpc) is 3.20. The van der Waals surface area contributed by atoms with Crippen LogP contribution in [0.2, 0.25) is 0 Å². The zero-order chi connectivity index (χ0) is 30.0. The van der Waals surface area contributed by atoms with Gasteiger partial charge < -0.3 is 9.47 Å². The molecule has 1 N–H and O–H groups in total. The minimum absolute atomic E-state index is 0.0520. The second-order valence-corrected chi connectivity index (χ2v) is 11.9. The molecule has 0 spiro atoms. The summed E-state index contributed by atoms with van der Waals surface area (Å²) in [5.74, 6) is -1.95. The van der Waals surface area contributed by atoms with E-state index in [1.54, 1.807) is 62.5 Å². The largest absolute Gasteiger partial charge is 0.492 e. The smallest absolute Gasteiger partial charge is 0.270 e. The monoisotopic (exact) mass is 651 g/mol. The van der Waals surface area contributed by atoms with Gasteiger partial charge in [0.25, 0.3) is 11.8 Å². The number of carbonyl (C=O) groups is 3. The van der Waals surface area contributed by atoms with Gasteiger partial charge in [0.1, 0.15) is 16.8 Å². The summed E-state index contributed by atoms with van der Waals surface area (Å²) in [5.41, 5.74) is 1.75. The lowest BCUT2D eigenvalue weighted by Gasteiger charge is -2.17. The number of sulfonamides is 1. The molecule has 216 valence electrons. The van der Waals surface area contributed by atoms with Crippen molar-refractivity contribution < 1.29 is 32.3 Å². The highest BCUT2D eigenvalue weighted by Crippen LogP contribution is 2.46. The van der Waals surface area contributed by atoms with E-state index in [9.17, 15) is 22.8 Å². The highest BCUT2D eigenvalue weighted by atomic mass is 79.9. The Bertz CT molecular complexity index is 1760. The lowest BCUT2D eigenvalue weighted by Crippen LogP contribution is -2.33. The van der Waals surface area contributed by atoms with Crippen molar-refractivity contribution in [3.8, 4) is 11.5 Å². The van der Waals surface area contributed by atoms with Crippen molar-refractivity contribution in [3.63, 3.8) is 0 Å². The Hall–Kier alpha value is -4.29. The predicted octanol–water partition coefficient (Wildman–Crippen LogP) is 4.78. The molecule has 0 atom stereocenters. The number of imide groups is 1. The standard InChI is InChI=1S/C30H26BrN3O7S/c1-3-40-27-20-11-8-14-32-26(20)28(41-4-2)25-24(27)29(36)34(30(25)37)22-13-12-19(15-21(22)31)17-42(38,39)33-23(35)16-18-9-6-5-7-10-18/h5-15H,3-4,16-17H2,1-2H3,(H,33,35). The molecule has 4 aromatic rings. The highest BCUT2D eigenvalue weighted by molar-refractivity contribution is 9.10. The summed E-state index contributed by atoms with van der Waals surface area (Å²) in [5, 5.41) is 0.540. The molecular weight excluding hydrogens is 626 g/mol. The average molecular weight is 653 g/mol. The quantitative estimate of drug-likeness (QED) is 0.242. The van der Waals surface area contributed by atoms with Crippen LogP contribution in [0.5, 0.6) is 11.5 Å². The van der Waals surface area contributed by atoms with Gasteiger partial charge in [-0.25, -0.2) is 13.3 Å². The van der Waals surface area contributed by atoms with Crippen molar-refractivity contribution in [2.45, 2.75) is 26.0 Å². The number of hydrogen-bond acceptors (Lipinski definition) is 8. The van der Waals surface area contributed by atoms with Gasteiger partial charge in [0.2, 0.25) is 15.9 Å². The molecule has 0 unspecified atom stereocenters. The normalized spacial score (nSPS) is 12.9. The van der Waals surface area contributed by atoms with Gasteiger partial charge in [-0.05, 0) is 65.2 Å². The van der Waals surface area contributed by atoms with Crippen molar-refractivity contribution in [2.75, 3.05) is 18.1 Å². The van der Waals surface area contributed by atoms with Crippen LogP contribution < -0.4 is 19.1 Å². The van der Waals surface area contributed by atoms with Crippen LogP contribution in [0.1, 0.15) is 45.7 Å². The van der Waals surface area contributed by atoms with E-state index in [0.29, 0.717) is 26.5 Å². The molecule has 1 aliphatic heterocycles. The SMILES string of the molecule is CCOc1c2c(c(OCC)c3ncccc13)C(=O)N(c1ccc(CS(=O)(=O)NC(=O)Cc3ccccc3)cc1Br)C2=O. The summed E-state index contributed by atoms with van der Waals surface area (Å²) in [7, 11) is -4.02. The van der Waals surface area contributed by atoms with E-state index in [4.69, 9.17) is 9.47 Å². The van der Waals surface area contributed by atoms with Gasteiger partial charge in [-0.3, -0.25) is 24.1 Å². The lowest BCUT2D eigenvalue weighted by molar-refractivity contribution is -0.118. The molecule has 42 heavy (non-hydrogen) atoms. The Morgan fingerprint density at radius 3 is 2.24 bits per heavy atom. The van der Waals surface area contributed by atoms with E-state index < -0.39 is 33.5 Å². The van der Waals surface area contributed by atoms with Crippen LogP contribution in [0.3, 0.4) is 0 Å². The fraction of sp³-hybridized carbons (Fsp3) is 0.200. The van der Waals surface area contributed by atoms with Crippen molar-refractivity contribution >= 4 is 60.3 Å². The minimum Gasteiger partial charge on any atom is -0.492 e. The number of nitrogens with one attached hydrogen (secondary N) is 1. The van der Waals surface area contributed by atoms with E-state index in [2.05, 4.69) is 25.6 Å². The summed E-state index contributed by atoms with van der Waals surface area (Å²) >= 11 is 3.40. The van der Waals surface area contributed by atoms with Gasteiger partial charge in [-0.15, -0.1) is 0 Å². The minimum atomic E-state index is -4.02.